The molecule has 0 saturated heterocycles. The Morgan fingerprint density at radius 2 is 2.16 bits per heavy atom. The molecule has 0 spiro atoms. The van der Waals surface area contributed by atoms with Crippen LogP contribution in [0.5, 0.6) is 5.75 Å². The van der Waals surface area contributed by atoms with E-state index in [1.54, 1.807) is 25.1 Å². The van der Waals surface area contributed by atoms with E-state index in [4.69, 9.17) is 10.5 Å². The summed E-state index contributed by atoms with van der Waals surface area (Å²) >= 11 is 5.07. The molecule has 2 rings (SSSR count). The van der Waals surface area contributed by atoms with Crippen LogP contribution in [-0.4, -0.2) is 12.1 Å². The lowest BCUT2D eigenvalue weighted by molar-refractivity contribution is 0.409. The normalized spacial score (nSPS) is 10.5. The fourth-order valence-electron chi connectivity index (χ4n) is 1.65. The average molecular weight is 339 g/mol. The third-order valence-corrected chi connectivity index (χ3v) is 4.14. The second-order valence-electron chi connectivity index (χ2n) is 3.95. The number of methoxy groups -OCH3 is 1. The molecule has 19 heavy (non-hydrogen) atoms. The van der Waals surface area contributed by atoms with Gasteiger partial charge in [0.2, 0.25) is 0 Å². The lowest BCUT2D eigenvalue weighted by Gasteiger charge is -2.09. The van der Waals surface area contributed by atoms with Crippen LogP contribution in [0.3, 0.4) is 0 Å². The number of hydrogen-bond donors (Lipinski definition) is 1. The van der Waals surface area contributed by atoms with Crippen molar-refractivity contribution < 1.29 is 4.74 Å². The van der Waals surface area contributed by atoms with Crippen LogP contribution in [0.1, 0.15) is 11.1 Å². The topological polar surface area (TPSA) is 48.1 Å². The first-order valence-electron chi connectivity index (χ1n) is 5.83. The molecule has 0 unspecified atom stereocenters. The predicted octanol–water partition coefficient (Wildman–Crippen LogP) is 3.60. The van der Waals surface area contributed by atoms with Crippen LogP contribution in [-0.2, 0) is 12.3 Å². The number of hydrogen-bond acceptors (Lipinski definition) is 4. The fraction of sp³-hybridized carbons (Fsp3) is 0.214. The number of halogens is 1. The summed E-state index contributed by atoms with van der Waals surface area (Å²) in [5, 5.41) is 1.00. The van der Waals surface area contributed by atoms with E-state index < -0.39 is 0 Å². The van der Waals surface area contributed by atoms with Gasteiger partial charge in [-0.25, -0.2) is 4.98 Å². The summed E-state index contributed by atoms with van der Waals surface area (Å²) in [5.41, 5.74) is 7.88. The van der Waals surface area contributed by atoms with E-state index >= 15 is 0 Å². The van der Waals surface area contributed by atoms with Crippen molar-refractivity contribution in [2.75, 3.05) is 7.11 Å². The van der Waals surface area contributed by atoms with Gasteiger partial charge in [-0.15, -0.1) is 11.8 Å². The summed E-state index contributed by atoms with van der Waals surface area (Å²) in [4.78, 5) is 4.33. The van der Waals surface area contributed by atoms with Crippen molar-refractivity contribution in [3.63, 3.8) is 0 Å². The molecule has 2 N–H and O–H groups in total. The molecule has 0 radical (unpaired) electrons. The van der Waals surface area contributed by atoms with Crippen molar-refractivity contribution in [3.05, 3.63) is 52.1 Å². The summed E-state index contributed by atoms with van der Waals surface area (Å²) in [5.74, 6) is 1.71. The molecule has 1 heterocycles. The Hall–Kier alpha value is -1.04. The van der Waals surface area contributed by atoms with Gasteiger partial charge in [0.25, 0.3) is 0 Å². The zero-order valence-corrected chi connectivity index (χ0v) is 13.0. The number of nitrogens with zero attached hydrogens (tertiary/aromatic N) is 1. The maximum absolute atomic E-state index is 5.66. The summed E-state index contributed by atoms with van der Waals surface area (Å²) in [6.45, 7) is 0.491. The Morgan fingerprint density at radius 3 is 2.79 bits per heavy atom. The van der Waals surface area contributed by atoms with Crippen molar-refractivity contribution in [2.24, 2.45) is 5.73 Å². The summed E-state index contributed by atoms with van der Waals surface area (Å²) in [7, 11) is 1.67. The van der Waals surface area contributed by atoms with Crippen molar-refractivity contribution in [3.8, 4) is 5.75 Å². The minimum Gasteiger partial charge on any atom is -0.496 e. The van der Waals surface area contributed by atoms with Crippen LogP contribution in [0.2, 0.25) is 0 Å². The highest BCUT2D eigenvalue weighted by Gasteiger charge is 2.04. The van der Waals surface area contributed by atoms with Gasteiger partial charge < -0.3 is 10.5 Å². The highest BCUT2D eigenvalue weighted by Crippen LogP contribution is 2.26. The number of nitrogens with two attached hydrogens (primary N) is 1. The molecule has 0 fully saturated rings. The molecule has 0 aliphatic rings. The van der Waals surface area contributed by atoms with Gasteiger partial charge in [-0.1, -0.05) is 12.1 Å². The molecular formula is C14H15BrN2OS. The molecule has 0 bridgehead atoms. The zero-order valence-electron chi connectivity index (χ0n) is 10.6. The van der Waals surface area contributed by atoms with Gasteiger partial charge in [0.15, 0.2) is 0 Å². The first kappa shape index (κ1) is 14.4. The Labute approximate surface area is 125 Å². The Balaban J connectivity index is 2.05. The Kier molecular flexibility index (Phi) is 5.24. The molecule has 100 valence electrons. The van der Waals surface area contributed by atoms with Crippen LogP contribution in [0.15, 0.2) is 46.0 Å². The van der Waals surface area contributed by atoms with Crippen LogP contribution in [0.4, 0.5) is 0 Å². The number of thioether (sulfide) groups is 1. The van der Waals surface area contributed by atoms with E-state index in [0.717, 1.165) is 26.6 Å². The van der Waals surface area contributed by atoms with Gasteiger partial charge in [-0.05, 0) is 39.7 Å². The second-order valence-corrected chi connectivity index (χ2v) is 5.86. The molecule has 0 aliphatic heterocycles. The molecule has 2 aromatic rings. The first-order valence-corrected chi connectivity index (χ1v) is 7.61. The van der Waals surface area contributed by atoms with E-state index in [9.17, 15) is 0 Å². The van der Waals surface area contributed by atoms with Crippen molar-refractivity contribution in [1.82, 2.24) is 4.98 Å². The summed E-state index contributed by atoms with van der Waals surface area (Å²) in [6.07, 6.45) is 1.81. The van der Waals surface area contributed by atoms with E-state index in [1.807, 2.05) is 24.3 Å². The number of ether oxygens (including phenoxy) is 1. The SMILES string of the molecule is COc1cc(CSc2ccc(Br)cn2)ccc1CN. The maximum Gasteiger partial charge on any atom is 0.123 e. The van der Waals surface area contributed by atoms with Gasteiger partial charge in [0, 0.05) is 28.5 Å². The third kappa shape index (κ3) is 3.96. The van der Waals surface area contributed by atoms with E-state index in [1.165, 1.54) is 5.56 Å². The summed E-state index contributed by atoms with van der Waals surface area (Å²) in [6, 6.07) is 10.1. The first-order chi connectivity index (χ1) is 9.22. The van der Waals surface area contributed by atoms with Gasteiger partial charge >= 0.3 is 0 Å². The number of pyridine rings is 1. The smallest absolute Gasteiger partial charge is 0.123 e. The fourth-order valence-corrected chi connectivity index (χ4v) is 2.67. The standard InChI is InChI=1S/C14H15BrN2OS/c1-18-13-6-10(2-3-11(13)7-16)9-19-14-5-4-12(15)8-17-14/h2-6,8H,7,9,16H2,1H3. The molecule has 0 aliphatic carbocycles. The van der Waals surface area contributed by atoms with E-state index in [-0.39, 0.29) is 0 Å². The van der Waals surface area contributed by atoms with Gasteiger partial charge in [0.05, 0.1) is 12.1 Å². The molecule has 0 saturated carbocycles. The highest BCUT2D eigenvalue weighted by atomic mass is 79.9. The molecular weight excluding hydrogens is 324 g/mol. The van der Waals surface area contributed by atoms with Crippen molar-refractivity contribution in [1.29, 1.82) is 0 Å². The van der Waals surface area contributed by atoms with Crippen LogP contribution in [0.25, 0.3) is 0 Å². The van der Waals surface area contributed by atoms with Crippen LogP contribution in [0, 0.1) is 0 Å². The largest absolute Gasteiger partial charge is 0.496 e. The molecule has 0 atom stereocenters. The highest BCUT2D eigenvalue weighted by molar-refractivity contribution is 9.10. The van der Waals surface area contributed by atoms with Crippen LogP contribution >= 0.6 is 27.7 Å². The van der Waals surface area contributed by atoms with Gasteiger partial charge in [-0.2, -0.15) is 0 Å². The van der Waals surface area contributed by atoms with Crippen LogP contribution < -0.4 is 10.5 Å². The zero-order chi connectivity index (χ0) is 13.7. The number of aromatic nitrogens is 1. The quantitative estimate of drug-likeness (QED) is 0.846. The Morgan fingerprint density at radius 1 is 1.32 bits per heavy atom. The number of benzene rings is 1. The molecule has 3 nitrogen and oxygen atoms in total. The molecule has 0 amide bonds. The molecule has 1 aromatic heterocycles. The summed E-state index contributed by atoms with van der Waals surface area (Å²) < 4.78 is 6.33. The lowest BCUT2D eigenvalue weighted by Crippen LogP contribution is -2.00. The molecule has 1 aromatic carbocycles. The number of rotatable bonds is 5. The monoisotopic (exact) mass is 338 g/mol. The minimum absolute atomic E-state index is 0.491. The molecule has 5 heteroatoms. The van der Waals surface area contributed by atoms with Gasteiger partial charge in [-0.3, -0.25) is 0 Å². The third-order valence-electron chi connectivity index (χ3n) is 2.66. The average Bonchev–Trinajstić information content (AvgIpc) is 2.46. The Bertz CT molecular complexity index is 546. The maximum atomic E-state index is 5.66. The van der Waals surface area contributed by atoms with Crippen molar-refractivity contribution in [2.45, 2.75) is 17.3 Å². The lowest BCUT2D eigenvalue weighted by atomic mass is 10.1. The minimum atomic E-state index is 0.491. The predicted molar refractivity (Wildman–Crippen MR) is 82.4 cm³/mol. The van der Waals surface area contributed by atoms with Crippen molar-refractivity contribution >= 4 is 27.7 Å². The second kappa shape index (κ2) is 6.93. The van der Waals surface area contributed by atoms with E-state index in [2.05, 4.69) is 27.0 Å². The van der Waals surface area contributed by atoms with Gasteiger partial charge in [0.1, 0.15) is 5.75 Å². The van der Waals surface area contributed by atoms with E-state index in [0.29, 0.717) is 6.54 Å².